The van der Waals surface area contributed by atoms with Crippen LogP contribution < -0.4 is 11.3 Å². The Balaban J connectivity index is 2.52. The molecule has 0 bridgehead atoms. The molecule has 1 unspecified atom stereocenters. The summed E-state index contributed by atoms with van der Waals surface area (Å²) in [5.41, 5.74) is 8.44. The van der Waals surface area contributed by atoms with E-state index in [9.17, 15) is 0 Å². The van der Waals surface area contributed by atoms with Crippen molar-refractivity contribution >= 4 is 0 Å². The van der Waals surface area contributed by atoms with Gasteiger partial charge in [0.25, 0.3) is 0 Å². The first-order chi connectivity index (χ1) is 9.60. The van der Waals surface area contributed by atoms with Gasteiger partial charge in [0, 0.05) is 6.04 Å². The number of unbranched alkanes of at least 4 members (excludes halogenated alkanes) is 5. The number of nitrogens with one attached hydrogen (secondary N) is 1. The minimum absolute atomic E-state index is 0.292. The number of aryl methyl sites for hydroxylation is 3. The van der Waals surface area contributed by atoms with Crippen molar-refractivity contribution in [2.45, 2.75) is 78.7 Å². The van der Waals surface area contributed by atoms with Crippen molar-refractivity contribution in [3.8, 4) is 0 Å². The van der Waals surface area contributed by atoms with Gasteiger partial charge >= 0.3 is 0 Å². The van der Waals surface area contributed by atoms with Gasteiger partial charge in [-0.05, 0) is 49.4 Å². The van der Waals surface area contributed by atoms with Crippen LogP contribution >= 0.6 is 0 Å². The van der Waals surface area contributed by atoms with Gasteiger partial charge in [-0.25, -0.2) is 0 Å². The van der Waals surface area contributed by atoms with E-state index in [1.54, 1.807) is 0 Å². The van der Waals surface area contributed by atoms with Crippen LogP contribution in [0.5, 0.6) is 0 Å². The molecule has 0 aliphatic heterocycles. The summed E-state index contributed by atoms with van der Waals surface area (Å²) in [7, 11) is 0. The lowest BCUT2D eigenvalue weighted by Crippen LogP contribution is -2.28. The van der Waals surface area contributed by atoms with E-state index in [0.717, 1.165) is 6.42 Å². The molecule has 0 saturated carbocycles. The summed E-state index contributed by atoms with van der Waals surface area (Å²) in [5.74, 6) is 5.77. The Bertz CT molecular complexity index is 399. The van der Waals surface area contributed by atoms with Crippen LogP contribution in [0, 0.1) is 20.8 Å². The summed E-state index contributed by atoms with van der Waals surface area (Å²) in [6.07, 6.45) is 9.12. The van der Waals surface area contributed by atoms with Gasteiger partial charge in [0.1, 0.15) is 0 Å². The normalized spacial score (nSPS) is 12.7. The Labute approximate surface area is 125 Å². The summed E-state index contributed by atoms with van der Waals surface area (Å²) in [6, 6.07) is 4.86. The fraction of sp³-hybridized carbons (Fsp3) is 0.667. The van der Waals surface area contributed by atoms with Gasteiger partial charge in [0.2, 0.25) is 0 Å². The number of rotatable bonds is 9. The summed E-state index contributed by atoms with van der Waals surface area (Å²) in [4.78, 5) is 0. The van der Waals surface area contributed by atoms with Crippen molar-refractivity contribution in [1.82, 2.24) is 5.43 Å². The highest BCUT2D eigenvalue weighted by molar-refractivity contribution is 5.38. The highest BCUT2D eigenvalue weighted by Crippen LogP contribution is 2.25. The molecular weight excluding hydrogens is 244 g/mol. The van der Waals surface area contributed by atoms with Crippen molar-refractivity contribution in [2.75, 3.05) is 0 Å². The van der Waals surface area contributed by atoms with Crippen LogP contribution in [0.25, 0.3) is 0 Å². The third kappa shape index (κ3) is 5.26. The Morgan fingerprint density at radius 2 is 1.50 bits per heavy atom. The number of benzene rings is 1. The number of hydrogen-bond donors (Lipinski definition) is 2. The van der Waals surface area contributed by atoms with Crippen LogP contribution in [-0.2, 0) is 0 Å². The van der Waals surface area contributed by atoms with E-state index in [2.05, 4.69) is 45.3 Å². The fourth-order valence-electron chi connectivity index (χ4n) is 2.82. The van der Waals surface area contributed by atoms with Crippen LogP contribution in [-0.4, -0.2) is 0 Å². The molecule has 1 atom stereocenters. The Morgan fingerprint density at radius 3 is 2.15 bits per heavy atom. The monoisotopic (exact) mass is 276 g/mol. The molecule has 0 heterocycles. The second-order valence-corrected chi connectivity index (χ2v) is 6.07. The molecule has 1 aromatic carbocycles. The molecule has 2 heteroatoms. The first-order valence-electron chi connectivity index (χ1n) is 8.14. The predicted molar refractivity (Wildman–Crippen MR) is 88.7 cm³/mol. The van der Waals surface area contributed by atoms with Crippen molar-refractivity contribution < 1.29 is 0 Å². The van der Waals surface area contributed by atoms with Crippen LogP contribution in [0.15, 0.2) is 12.1 Å². The van der Waals surface area contributed by atoms with Crippen LogP contribution in [0.2, 0.25) is 0 Å². The second-order valence-electron chi connectivity index (χ2n) is 6.07. The molecule has 1 aromatic rings. The standard InChI is InChI=1S/C18H32N2/c1-5-6-7-8-9-10-11-18(20-19)17-13-15(3)14(2)12-16(17)4/h12-13,18,20H,5-11,19H2,1-4H3. The molecular formula is C18H32N2. The van der Waals surface area contributed by atoms with Crippen molar-refractivity contribution in [3.05, 3.63) is 34.4 Å². The maximum absolute atomic E-state index is 5.77. The minimum atomic E-state index is 0.292. The highest BCUT2D eigenvalue weighted by atomic mass is 15.2. The Hall–Kier alpha value is -0.860. The van der Waals surface area contributed by atoms with Gasteiger partial charge in [-0.1, -0.05) is 57.6 Å². The molecule has 0 aliphatic rings. The molecule has 0 aliphatic carbocycles. The predicted octanol–water partition coefficient (Wildman–Crippen LogP) is 4.87. The number of hydrogen-bond acceptors (Lipinski definition) is 2. The van der Waals surface area contributed by atoms with Crippen molar-refractivity contribution in [2.24, 2.45) is 5.84 Å². The summed E-state index contributed by atoms with van der Waals surface area (Å²) in [6.45, 7) is 8.80. The van der Waals surface area contributed by atoms with Gasteiger partial charge in [-0.15, -0.1) is 0 Å². The molecule has 0 amide bonds. The lowest BCUT2D eigenvalue weighted by molar-refractivity contribution is 0.475. The van der Waals surface area contributed by atoms with Gasteiger partial charge < -0.3 is 0 Å². The summed E-state index contributed by atoms with van der Waals surface area (Å²) in [5, 5.41) is 0. The average molecular weight is 276 g/mol. The zero-order valence-electron chi connectivity index (χ0n) is 13.8. The molecule has 1 rings (SSSR count). The summed E-state index contributed by atoms with van der Waals surface area (Å²) < 4.78 is 0. The topological polar surface area (TPSA) is 38.0 Å². The number of nitrogens with two attached hydrogens (primary N) is 1. The molecule has 0 saturated heterocycles. The third-order valence-electron chi connectivity index (χ3n) is 4.31. The fourth-order valence-corrected chi connectivity index (χ4v) is 2.82. The largest absolute Gasteiger partial charge is 0.271 e. The van der Waals surface area contributed by atoms with Gasteiger partial charge in [-0.3, -0.25) is 11.3 Å². The molecule has 114 valence electrons. The number of hydrazine groups is 1. The lowest BCUT2D eigenvalue weighted by Gasteiger charge is -2.20. The van der Waals surface area contributed by atoms with E-state index >= 15 is 0 Å². The minimum Gasteiger partial charge on any atom is -0.271 e. The van der Waals surface area contributed by atoms with E-state index in [1.165, 1.54) is 60.8 Å². The van der Waals surface area contributed by atoms with Crippen LogP contribution in [0.1, 0.15) is 80.2 Å². The molecule has 0 spiro atoms. The van der Waals surface area contributed by atoms with Crippen LogP contribution in [0.4, 0.5) is 0 Å². The highest BCUT2D eigenvalue weighted by Gasteiger charge is 2.13. The van der Waals surface area contributed by atoms with E-state index in [4.69, 9.17) is 5.84 Å². The molecule has 2 nitrogen and oxygen atoms in total. The molecule has 3 N–H and O–H groups in total. The van der Waals surface area contributed by atoms with E-state index in [1.807, 2.05) is 0 Å². The van der Waals surface area contributed by atoms with E-state index in [0.29, 0.717) is 6.04 Å². The third-order valence-corrected chi connectivity index (χ3v) is 4.31. The second kappa shape index (κ2) is 9.15. The van der Waals surface area contributed by atoms with E-state index < -0.39 is 0 Å². The first kappa shape index (κ1) is 17.2. The molecule has 20 heavy (non-hydrogen) atoms. The van der Waals surface area contributed by atoms with Gasteiger partial charge in [0.15, 0.2) is 0 Å². The quantitative estimate of drug-likeness (QED) is 0.384. The summed E-state index contributed by atoms with van der Waals surface area (Å²) >= 11 is 0. The zero-order chi connectivity index (χ0) is 15.0. The van der Waals surface area contributed by atoms with Crippen molar-refractivity contribution in [3.63, 3.8) is 0 Å². The van der Waals surface area contributed by atoms with Crippen LogP contribution in [0.3, 0.4) is 0 Å². The Morgan fingerprint density at radius 1 is 0.900 bits per heavy atom. The SMILES string of the molecule is CCCCCCCCC(NN)c1cc(C)c(C)cc1C. The van der Waals surface area contributed by atoms with E-state index in [-0.39, 0.29) is 0 Å². The smallest absolute Gasteiger partial charge is 0.0462 e. The average Bonchev–Trinajstić information content (AvgIpc) is 2.43. The van der Waals surface area contributed by atoms with Gasteiger partial charge in [0.05, 0.1) is 0 Å². The Kier molecular flexibility index (Phi) is 7.86. The zero-order valence-corrected chi connectivity index (χ0v) is 13.8. The van der Waals surface area contributed by atoms with Gasteiger partial charge in [-0.2, -0.15) is 0 Å². The lowest BCUT2D eigenvalue weighted by atomic mass is 9.93. The maximum atomic E-state index is 5.77. The molecule has 0 aromatic heterocycles. The van der Waals surface area contributed by atoms with Crippen molar-refractivity contribution in [1.29, 1.82) is 0 Å². The first-order valence-corrected chi connectivity index (χ1v) is 8.14. The maximum Gasteiger partial charge on any atom is 0.0462 e. The molecule has 0 fully saturated rings. The molecule has 0 radical (unpaired) electrons.